The first-order valence-electron chi connectivity index (χ1n) is 9.68. The Balaban J connectivity index is 1.62. The minimum Gasteiger partial charge on any atom is -0.445 e. The van der Waals surface area contributed by atoms with Crippen molar-refractivity contribution in [2.45, 2.75) is 36.6 Å². The van der Waals surface area contributed by atoms with Gasteiger partial charge in [-0.3, -0.25) is 13.9 Å². The predicted octanol–water partition coefficient (Wildman–Crippen LogP) is 2.15. The molecule has 0 aliphatic carbocycles. The molecule has 1 fully saturated rings. The van der Waals surface area contributed by atoms with Crippen LogP contribution < -0.4 is 0 Å². The molecule has 0 aromatic heterocycles. The van der Waals surface area contributed by atoms with E-state index in [1.807, 2.05) is 42.5 Å². The molecule has 1 aliphatic rings. The van der Waals surface area contributed by atoms with E-state index in [0.717, 1.165) is 16.0 Å². The lowest BCUT2D eigenvalue weighted by molar-refractivity contribution is -0.134. The second-order valence-electron chi connectivity index (χ2n) is 7.39. The molecule has 3 rings (SSSR count). The molecule has 1 N–H and O–H groups in total. The zero-order valence-corrected chi connectivity index (χ0v) is 17.9. The van der Waals surface area contributed by atoms with E-state index in [-0.39, 0.29) is 25.5 Å². The van der Waals surface area contributed by atoms with Crippen molar-refractivity contribution in [3.8, 4) is 0 Å². The highest BCUT2D eigenvalue weighted by Gasteiger charge is 2.41. The number of hydrogen-bond donors (Lipinski definition) is 1. The number of nitrogens with zero attached hydrogens (tertiary/aromatic N) is 2. The number of likely N-dealkylation sites (N-methyl/N-ethyl adjacent to an activating group) is 1. The predicted molar refractivity (Wildman–Crippen MR) is 113 cm³/mol. The molecule has 0 bridgehead atoms. The molecule has 1 unspecified atom stereocenters. The first-order valence-corrected chi connectivity index (χ1v) is 11.2. The Kier molecular flexibility index (Phi) is 7.23. The van der Waals surface area contributed by atoms with Crippen LogP contribution in [-0.4, -0.2) is 63.1 Å². The lowest BCUT2D eigenvalue weighted by atomic mass is 10.1. The van der Waals surface area contributed by atoms with Gasteiger partial charge in [-0.2, -0.15) is 0 Å². The van der Waals surface area contributed by atoms with Crippen LogP contribution in [0.5, 0.6) is 0 Å². The average molecular weight is 431 g/mol. The summed E-state index contributed by atoms with van der Waals surface area (Å²) in [5.74, 6) is -0.258. The topological polar surface area (TPSA) is 87.2 Å². The van der Waals surface area contributed by atoms with Gasteiger partial charge >= 0.3 is 6.09 Å². The summed E-state index contributed by atoms with van der Waals surface area (Å²) >= 11 is 0. The number of likely N-dealkylation sites (tertiary alicyclic amines) is 1. The molecule has 7 nitrogen and oxygen atoms in total. The average Bonchev–Trinajstić information content (AvgIpc) is 3.14. The van der Waals surface area contributed by atoms with E-state index in [1.165, 1.54) is 9.80 Å². The summed E-state index contributed by atoms with van der Waals surface area (Å²) in [5, 5.41) is 10.1. The van der Waals surface area contributed by atoms with Gasteiger partial charge in [0.15, 0.2) is 0 Å². The molecule has 1 saturated heterocycles. The fourth-order valence-corrected chi connectivity index (χ4v) is 3.96. The molecule has 2 amide bonds. The molecule has 8 heteroatoms. The van der Waals surface area contributed by atoms with Crippen molar-refractivity contribution in [2.24, 2.45) is 0 Å². The molecule has 2 aromatic carbocycles. The fourth-order valence-electron chi connectivity index (χ4n) is 3.44. The summed E-state index contributed by atoms with van der Waals surface area (Å²) in [6, 6.07) is 15.7. The lowest BCUT2D eigenvalue weighted by Crippen LogP contribution is -2.46. The van der Waals surface area contributed by atoms with E-state index in [9.17, 15) is 18.9 Å². The molecule has 30 heavy (non-hydrogen) atoms. The fraction of sp³-hybridized carbons (Fsp3) is 0.364. The third kappa shape index (κ3) is 5.46. The Morgan fingerprint density at radius 2 is 1.80 bits per heavy atom. The van der Waals surface area contributed by atoms with Gasteiger partial charge in [0.1, 0.15) is 12.6 Å². The van der Waals surface area contributed by atoms with Crippen molar-refractivity contribution in [3.05, 3.63) is 65.7 Å². The molecule has 1 heterocycles. The van der Waals surface area contributed by atoms with Crippen LogP contribution in [0.3, 0.4) is 0 Å². The van der Waals surface area contributed by atoms with E-state index in [1.54, 1.807) is 25.4 Å². The molecule has 1 aliphatic heterocycles. The largest absolute Gasteiger partial charge is 0.445 e. The zero-order chi connectivity index (χ0) is 21.7. The zero-order valence-electron chi connectivity index (χ0n) is 17.1. The Bertz CT molecular complexity index is 904. The van der Waals surface area contributed by atoms with Gasteiger partial charge in [0.25, 0.3) is 0 Å². The normalized spacial score (nSPS) is 19.4. The van der Waals surface area contributed by atoms with Crippen LogP contribution >= 0.6 is 0 Å². The highest BCUT2D eigenvalue weighted by Crippen LogP contribution is 2.22. The number of hydrogen-bond acceptors (Lipinski definition) is 5. The first kappa shape index (κ1) is 22.0. The standard InChI is InChI=1S/C22H26N2O5S/c1-23(13-16-8-10-19(11-9-16)30(2)28)21(26)20-12-18(25)14-24(20)22(27)29-15-17-6-4-3-5-7-17/h3-11,18,20,25H,12-15H2,1-2H3/t18-,20+,30?/m1/s1. The number of aliphatic hydroxyl groups excluding tert-OH is 1. The van der Waals surface area contributed by atoms with Crippen LogP contribution in [0.25, 0.3) is 0 Å². The summed E-state index contributed by atoms with van der Waals surface area (Å²) in [5.41, 5.74) is 1.74. The summed E-state index contributed by atoms with van der Waals surface area (Å²) in [7, 11) is 0.602. The molecule has 0 saturated carbocycles. The second-order valence-corrected chi connectivity index (χ2v) is 8.77. The minimum atomic E-state index is -1.06. The van der Waals surface area contributed by atoms with Crippen LogP contribution in [0.1, 0.15) is 17.5 Å². The Hall–Kier alpha value is -2.71. The number of rotatable bonds is 6. The van der Waals surface area contributed by atoms with Gasteiger partial charge in [0, 0.05) is 42.0 Å². The number of ether oxygens (including phenoxy) is 1. The summed E-state index contributed by atoms with van der Waals surface area (Å²) in [6.45, 7) is 0.512. The van der Waals surface area contributed by atoms with E-state index in [2.05, 4.69) is 0 Å². The van der Waals surface area contributed by atoms with Crippen LogP contribution in [0.4, 0.5) is 4.79 Å². The van der Waals surface area contributed by atoms with Gasteiger partial charge in [-0.1, -0.05) is 42.5 Å². The Morgan fingerprint density at radius 1 is 1.13 bits per heavy atom. The van der Waals surface area contributed by atoms with E-state index in [4.69, 9.17) is 4.74 Å². The summed E-state index contributed by atoms with van der Waals surface area (Å²) < 4.78 is 16.9. The molecular weight excluding hydrogens is 404 g/mol. The molecule has 2 aromatic rings. The minimum absolute atomic E-state index is 0.0644. The first-order chi connectivity index (χ1) is 14.3. The van der Waals surface area contributed by atoms with Crippen LogP contribution in [0.15, 0.2) is 59.5 Å². The van der Waals surface area contributed by atoms with Gasteiger partial charge in [-0.15, -0.1) is 0 Å². The summed E-state index contributed by atoms with van der Waals surface area (Å²) in [6.07, 6.45) is 0.409. The summed E-state index contributed by atoms with van der Waals surface area (Å²) in [4.78, 5) is 29.1. The van der Waals surface area contributed by atoms with Crippen LogP contribution in [-0.2, 0) is 33.5 Å². The highest BCUT2D eigenvalue weighted by molar-refractivity contribution is 7.84. The van der Waals surface area contributed by atoms with E-state index < -0.39 is 29.0 Å². The second kappa shape index (κ2) is 9.86. The number of benzene rings is 2. The quantitative estimate of drug-likeness (QED) is 0.759. The smallest absolute Gasteiger partial charge is 0.410 e. The van der Waals surface area contributed by atoms with Crippen molar-refractivity contribution in [2.75, 3.05) is 19.8 Å². The molecule has 0 spiro atoms. The lowest BCUT2D eigenvalue weighted by Gasteiger charge is -2.27. The van der Waals surface area contributed by atoms with Gasteiger partial charge in [0.05, 0.1) is 12.6 Å². The maximum atomic E-state index is 13.0. The highest BCUT2D eigenvalue weighted by atomic mass is 32.2. The van der Waals surface area contributed by atoms with Crippen LogP contribution in [0.2, 0.25) is 0 Å². The number of carbonyl (C=O) groups is 2. The van der Waals surface area contributed by atoms with Gasteiger partial charge in [0.2, 0.25) is 5.91 Å². The van der Waals surface area contributed by atoms with Gasteiger partial charge in [-0.05, 0) is 23.3 Å². The third-order valence-corrected chi connectivity index (χ3v) is 5.99. The SMILES string of the molecule is CN(Cc1ccc(S(C)=O)cc1)C(=O)[C@@H]1C[C@@H](O)CN1C(=O)OCc1ccccc1. The van der Waals surface area contributed by atoms with Gasteiger partial charge in [-0.25, -0.2) is 4.79 Å². The molecule has 0 radical (unpaired) electrons. The van der Waals surface area contributed by atoms with Crippen molar-refractivity contribution in [1.82, 2.24) is 9.80 Å². The maximum absolute atomic E-state index is 13.0. The van der Waals surface area contributed by atoms with E-state index >= 15 is 0 Å². The van der Waals surface area contributed by atoms with Crippen LogP contribution in [0, 0.1) is 0 Å². The Labute approximate surface area is 178 Å². The molecule has 160 valence electrons. The van der Waals surface area contributed by atoms with Gasteiger partial charge < -0.3 is 14.7 Å². The van der Waals surface area contributed by atoms with Crippen molar-refractivity contribution >= 4 is 22.8 Å². The van der Waals surface area contributed by atoms with Crippen molar-refractivity contribution in [1.29, 1.82) is 0 Å². The molecule has 3 atom stereocenters. The number of amides is 2. The number of aliphatic hydroxyl groups is 1. The number of β-amino-alcohol motifs (C(OH)–C–C–N with tert-alkyl or cyclic N) is 1. The molecular formula is C22H26N2O5S. The third-order valence-electron chi connectivity index (χ3n) is 5.05. The number of carbonyl (C=O) groups excluding carboxylic acids is 2. The monoisotopic (exact) mass is 430 g/mol. The van der Waals surface area contributed by atoms with E-state index in [0.29, 0.717) is 6.54 Å². The Morgan fingerprint density at radius 3 is 2.43 bits per heavy atom. The van der Waals surface area contributed by atoms with Crippen molar-refractivity contribution in [3.63, 3.8) is 0 Å². The van der Waals surface area contributed by atoms with Crippen molar-refractivity contribution < 1.29 is 23.6 Å². The maximum Gasteiger partial charge on any atom is 0.410 e.